The van der Waals surface area contributed by atoms with Gasteiger partial charge < -0.3 is 10.1 Å². The van der Waals surface area contributed by atoms with Crippen molar-refractivity contribution in [3.63, 3.8) is 0 Å². The summed E-state index contributed by atoms with van der Waals surface area (Å²) in [5, 5.41) is 13.2. The first-order valence-corrected chi connectivity index (χ1v) is 6.77. The molecule has 0 aliphatic carbocycles. The Morgan fingerprint density at radius 1 is 1.23 bits per heavy atom. The number of amides is 1. The van der Waals surface area contributed by atoms with Gasteiger partial charge in [-0.05, 0) is 24.3 Å². The minimum absolute atomic E-state index is 0.0207. The van der Waals surface area contributed by atoms with E-state index >= 15 is 0 Å². The highest BCUT2D eigenvalue weighted by atomic mass is 35.5. The first kappa shape index (κ1) is 16.1. The summed E-state index contributed by atoms with van der Waals surface area (Å²) >= 11 is 11.7. The van der Waals surface area contributed by atoms with Gasteiger partial charge in [0.05, 0.1) is 22.7 Å². The van der Waals surface area contributed by atoms with Gasteiger partial charge in [0.25, 0.3) is 11.6 Å². The van der Waals surface area contributed by atoms with Crippen molar-refractivity contribution >= 4 is 40.5 Å². The number of nitrogens with one attached hydrogen (secondary N) is 1. The van der Waals surface area contributed by atoms with Gasteiger partial charge in [0.1, 0.15) is 10.8 Å². The number of halogens is 2. The van der Waals surface area contributed by atoms with Crippen LogP contribution in [0, 0.1) is 10.1 Å². The molecule has 0 saturated heterocycles. The lowest BCUT2D eigenvalue weighted by atomic mass is 10.2. The number of hydrogen-bond donors (Lipinski definition) is 1. The molecule has 0 aromatic heterocycles. The monoisotopic (exact) mass is 340 g/mol. The van der Waals surface area contributed by atoms with Crippen LogP contribution in [0.4, 0.5) is 11.4 Å². The number of rotatable bonds is 4. The number of nitro benzene ring substituents is 1. The number of hydrogen-bond acceptors (Lipinski definition) is 4. The minimum Gasteiger partial charge on any atom is -0.497 e. The molecule has 0 aliphatic rings. The van der Waals surface area contributed by atoms with Crippen LogP contribution in [0.5, 0.6) is 5.75 Å². The predicted octanol–water partition coefficient (Wildman–Crippen LogP) is 4.16. The van der Waals surface area contributed by atoms with Crippen LogP contribution in [0.3, 0.4) is 0 Å². The van der Waals surface area contributed by atoms with Crippen molar-refractivity contribution in [2.75, 3.05) is 12.4 Å². The van der Waals surface area contributed by atoms with Crippen molar-refractivity contribution in [3.05, 3.63) is 62.1 Å². The molecule has 2 aromatic rings. The summed E-state index contributed by atoms with van der Waals surface area (Å²) in [7, 11) is 1.49. The predicted molar refractivity (Wildman–Crippen MR) is 84.1 cm³/mol. The summed E-state index contributed by atoms with van der Waals surface area (Å²) in [6.07, 6.45) is 0. The smallest absolute Gasteiger partial charge is 0.289 e. The molecule has 2 rings (SSSR count). The van der Waals surface area contributed by atoms with Crippen LogP contribution in [0.2, 0.25) is 10.0 Å². The molecule has 0 unspecified atom stereocenters. The molecular weight excluding hydrogens is 331 g/mol. The molecule has 6 nitrogen and oxygen atoms in total. The maximum absolute atomic E-state index is 12.2. The van der Waals surface area contributed by atoms with Crippen LogP contribution in [-0.4, -0.2) is 17.9 Å². The molecule has 1 amide bonds. The van der Waals surface area contributed by atoms with Crippen molar-refractivity contribution in [1.29, 1.82) is 0 Å². The molecule has 0 fully saturated rings. The Bertz CT molecular complexity index is 750. The fourth-order valence-corrected chi connectivity index (χ4v) is 2.17. The van der Waals surface area contributed by atoms with Crippen molar-refractivity contribution in [3.8, 4) is 5.75 Å². The van der Waals surface area contributed by atoms with Gasteiger partial charge in [0.2, 0.25) is 0 Å². The quantitative estimate of drug-likeness (QED) is 0.669. The number of anilines is 1. The Hall–Kier alpha value is -2.31. The molecule has 1 N–H and O–H groups in total. The molecule has 2 aromatic carbocycles. The summed E-state index contributed by atoms with van der Waals surface area (Å²) in [6, 6.07) is 8.84. The molecule has 0 aliphatic heterocycles. The zero-order valence-electron chi connectivity index (χ0n) is 11.3. The zero-order chi connectivity index (χ0) is 16.3. The van der Waals surface area contributed by atoms with Crippen LogP contribution in [0.15, 0.2) is 36.4 Å². The van der Waals surface area contributed by atoms with Gasteiger partial charge in [0, 0.05) is 11.6 Å². The highest BCUT2D eigenvalue weighted by molar-refractivity contribution is 6.37. The topological polar surface area (TPSA) is 81.5 Å². The molecule has 0 heterocycles. The van der Waals surface area contributed by atoms with Gasteiger partial charge in [-0.3, -0.25) is 14.9 Å². The lowest BCUT2D eigenvalue weighted by Gasteiger charge is -2.09. The SMILES string of the molecule is COc1cccc(C(=O)Nc2cc(Cl)c([N+](=O)[O-])cc2Cl)c1. The van der Waals surface area contributed by atoms with Crippen molar-refractivity contribution in [2.45, 2.75) is 0 Å². The third-order valence-corrected chi connectivity index (χ3v) is 3.43. The van der Waals surface area contributed by atoms with Gasteiger partial charge in [-0.1, -0.05) is 29.3 Å². The first-order chi connectivity index (χ1) is 10.4. The van der Waals surface area contributed by atoms with Crippen molar-refractivity contribution in [2.24, 2.45) is 0 Å². The average molecular weight is 341 g/mol. The molecular formula is C14H10Cl2N2O4. The summed E-state index contributed by atoms with van der Waals surface area (Å²) in [5.74, 6) is 0.0891. The summed E-state index contributed by atoms with van der Waals surface area (Å²) < 4.78 is 5.04. The second-order valence-corrected chi connectivity index (χ2v) is 5.04. The van der Waals surface area contributed by atoms with Crippen LogP contribution in [0.1, 0.15) is 10.4 Å². The van der Waals surface area contributed by atoms with E-state index in [9.17, 15) is 14.9 Å². The minimum atomic E-state index is -0.651. The number of methoxy groups -OCH3 is 1. The number of nitrogens with zero attached hydrogens (tertiary/aromatic N) is 1. The number of benzene rings is 2. The van der Waals surface area contributed by atoms with E-state index in [-0.39, 0.29) is 21.4 Å². The highest BCUT2D eigenvalue weighted by Crippen LogP contribution is 2.34. The van der Waals surface area contributed by atoms with Crippen LogP contribution in [0.25, 0.3) is 0 Å². The molecule has 0 saturated carbocycles. The molecule has 8 heteroatoms. The normalized spacial score (nSPS) is 10.1. The van der Waals surface area contributed by atoms with E-state index in [4.69, 9.17) is 27.9 Å². The highest BCUT2D eigenvalue weighted by Gasteiger charge is 2.17. The van der Waals surface area contributed by atoms with Crippen LogP contribution in [-0.2, 0) is 0 Å². The van der Waals surface area contributed by atoms with Crippen molar-refractivity contribution in [1.82, 2.24) is 0 Å². The number of carbonyl (C=O) groups is 1. The van der Waals surface area contributed by atoms with E-state index < -0.39 is 10.8 Å². The Labute approximate surface area is 135 Å². The number of ether oxygens (including phenoxy) is 1. The van der Waals surface area contributed by atoms with Gasteiger partial charge in [-0.15, -0.1) is 0 Å². The fraction of sp³-hybridized carbons (Fsp3) is 0.0714. The molecule has 0 spiro atoms. The van der Waals surface area contributed by atoms with Gasteiger partial charge in [-0.2, -0.15) is 0 Å². The van der Waals surface area contributed by atoms with E-state index in [2.05, 4.69) is 5.32 Å². The van der Waals surface area contributed by atoms with Gasteiger partial charge in [0.15, 0.2) is 0 Å². The maximum atomic E-state index is 12.2. The molecule has 0 radical (unpaired) electrons. The first-order valence-electron chi connectivity index (χ1n) is 6.01. The summed E-state index contributed by atoms with van der Waals surface area (Å²) in [5.41, 5.74) is 0.209. The second-order valence-electron chi connectivity index (χ2n) is 4.23. The molecule has 22 heavy (non-hydrogen) atoms. The van der Waals surface area contributed by atoms with Gasteiger partial charge >= 0.3 is 0 Å². The summed E-state index contributed by atoms with van der Waals surface area (Å²) in [4.78, 5) is 22.3. The van der Waals surface area contributed by atoms with E-state index in [1.807, 2.05) is 0 Å². The third kappa shape index (κ3) is 3.47. The van der Waals surface area contributed by atoms with E-state index in [0.29, 0.717) is 11.3 Å². The van der Waals surface area contributed by atoms with Crippen LogP contribution >= 0.6 is 23.2 Å². The maximum Gasteiger partial charge on any atom is 0.289 e. The molecule has 0 atom stereocenters. The largest absolute Gasteiger partial charge is 0.497 e. The number of carbonyl (C=O) groups excluding carboxylic acids is 1. The third-order valence-electron chi connectivity index (χ3n) is 2.81. The molecule has 0 bridgehead atoms. The van der Waals surface area contributed by atoms with E-state index in [0.717, 1.165) is 6.07 Å². The average Bonchev–Trinajstić information content (AvgIpc) is 2.50. The van der Waals surface area contributed by atoms with Crippen molar-refractivity contribution < 1.29 is 14.5 Å². The Morgan fingerprint density at radius 2 is 1.95 bits per heavy atom. The second kappa shape index (κ2) is 6.64. The lowest BCUT2D eigenvalue weighted by Crippen LogP contribution is -2.12. The van der Waals surface area contributed by atoms with E-state index in [1.165, 1.54) is 13.2 Å². The standard InChI is InChI=1S/C14H10Cl2N2O4/c1-22-9-4-2-3-8(5-9)14(19)17-12-6-11(16)13(18(20)21)7-10(12)15/h2-7H,1H3,(H,17,19). The molecule has 114 valence electrons. The van der Waals surface area contributed by atoms with Crippen LogP contribution < -0.4 is 10.1 Å². The zero-order valence-corrected chi connectivity index (χ0v) is 12.8. The Balaban J connectivity index is 2.28. The Kier molecular flexibility index (Phi) is 4.85. The number of nitro groups is 1. The van der Waals surface area contributed by atoms with E-state index in [1.54, 1.807) is 24.3 Å². The Morgan fingerprint density at radius 3 is 2.59 bits per heavy atom. The van der Waals surface area contributed by atoms with Gasteiger partial charge in [-0.25, -0.2) is 0 Å². The summed E-state index contributed by atoms with van der Waals surface area (Å²) in [6.45, 7) is 0. The fourth-order valence-electron chi connectivity index (χ4n) is 1.73. The lowest BCUT2D eigenvalue weighted by molar-refractivity contribution is -0.384.